The van der Waals surface area contributed by atoms with Crippen molar-refractivity contribution in [3.8, 4) is 11.5 Å². The Balaban J connectivity index is 1.96. The topological polar surface area (TPSA) is 64.4 Å². The van der Waals surface area contributed by atoms with Crippen LogP contribution in [0.25, 0.3) is 0 Å². The van der Waals surface area contributed by atoms with Crippen LogP contribution in [0.3, 0.4) is 0 Å². The van der Waals surface area contributed by atoms with Crippen LogP contribution in [0.1, 0.15) is 6.42 Å². The normalized spacial score (nSPS) is 11.5. The Labute approximate surface area is 124 Å². The molecule has 21 heavy (non-hydrogen) atoms. The fourth-order valence-corrected chi connectivity index (χ4v) is 1.75. The van der Waals surface area contributed by atoms with Gasteiger partial charge in [-0.25, -0.2) is 0 Å². The molecule has 2 aromatic rings. The fourth-order valence-electron chi connectivity index (χ4n) is 1.75. The third-order valence-corrected chi connectivity index (χ3v) is 2.86. The summed E-state index contributed by atoms with van der Waals surface area (Å²) in [7, 11) is 0. The van der Waals surface area contributed by atoms with Crippen LogP contribution in [0.15, 0.2) is 67.3 Å². The first-order valence-electron chi connectivity index (χ1n) is 6.69. The summed E-state index contributed by atoms with van der Waals surface area (Å²) in [6, 6.07) is 16.1. The van der Waals surface area contributed by atoms with E-state index in [1.54, 1.807) is 30.3 Å². The maximum absolute atomic E-state index is 11.8. The minimum absolute atomic E-state index is 0.230. The van der Waals surface area contributed by atoms with Gasteiger partial charge in [0.15, 0.2) is 0 Å². The first-order valence-corrected chi connectivity index (χ1v) is 6.69. The first-order chi connectivity index (χ1) is 10.2. The minimum atomic E-state index is -0.581. The number of ether oxygens (including phenoxy) is 1. The van der Waals surface area contributed by atoms with E-state index in [1.165, 1.54) is 0 Å². The van der Waals surface area contributed by atoms with Gasteiger partial charge >= 0.3 is 0 Å². The molecule has 108 valence electrons. The molecule has 1 unspecified atom stereocenters. The van der Waals surface area contributed by atoms with E-state index in [-0.39, 0.29) is 5.91 Å². The molecule has 0 radical (unpaired) electrons. The minimum Gasteiger partial charge on any atom is -0.457 e. The van der Waals surface area contributed by atoms with Gasteiger partial charge in [-0.1, -0.05) is 24.3 Å². The van der Waals surface area contributed by atoms with Crippen molar-refractivity contribution in [3.05, 3.63) is 67.3 Å². The quantitative estimate of drug-likeness (QED) is 0.799. The summed E-state index contributed by atoms with van der Waals surface area (Å²) in [6.45, 7) is 3.57. The van der Waals surface area contributed by atoms with E-state index < -0.39 is 6.04 Å². The van der Waals surface area contributed by atoms with Gasteiger partial charge in [-0.3, -0.25) is 4.79 Å². The molecule has 0 aliphatic heterocycles. The summed E-state index contributed by atoms with van der Waals surface area (Å²) in [5.74, 6) is 1.24. The molecule has 0 spiro atoms. The van der Waals surface area contributed by atoms with Gasteiger partial charge < -0.3 is 15.8 Å². The van der Waals surface area contributed by atoms with Gasteiger partial charge in [0.2, 0.25) is 5.91 Å². The molecule has 0 fully saturated rings. The SMILES string of the molecule is C=CCC(N)C(=O)Nc1ccc(Oc2ccccc2)cc1. The molecule has 0 saturated carbocycles. The number of nitrogens with two attached hydrogens (primary N) is 1. The Morgan fingerprint density at radius 3 is 2.38 bits per heavy atom. The molecule has 0 saturated heterocycles. The van der Waals surface area contributed by atoms with Crippen LogP contribution in [-0.4, -0.2) is 11.9 Å². The Morgan fingerprint density at radius 2 is 1.76 bits per heavy atom. The van der Waals surface area contributed by atoms with Gasteiger partial charge in [0.25, 0.3) is 0 Å². The van der Waals surface area contributed by atoms with E-state index >= 15 is 0 Å². The number of nitrogens with one attached hydrogen (secondary N) is 1. The number of hydrogen-bond donors (Lipinski definition) is 2. The lowest BCUT2D eigenvalue weighted by Gasteiger charge is -2.11. The van der Waals surface area contributed by atoms with Crippen LogP contribution in [-0.2, 0) is 4.79 Å². The second-order valence-electron chi connectivity index (χ2n) is 4.56. The summed E-state index contributed by atoms with van der Waals surface area (Å²) < 4.78 is 5.67. The lowest BCUT2D eigenvalue weighted by Crippen LogP contribution is -2.34. The van der Waals surface area contributed by atoms with Crippen LogP contribution in [0.4, 0.5) is 5.69 Å². The van der Waals surface area contributed by atoms with Crippen LogP contribution >= 0.6 is 0 Å². The predicted octanol–water partition coefficient (Wildman–Crippen LogP) is 3.32. The van der Waals surface area contributed by atoms with Crippen LogP contribution < -0.4 is 15.8 Å². The molecule has 0 aliphatic carbocycles. The van der Waals surface area contributed by atoms with E-state index in [0.717, 1.165) is 5.75 Å². The lowest BCUT2D eigenvalue weighted by atomic mass is 10.2. The van der Waals surface area contributed by atoms with Gasteiger partial charge in [-0.2, -0.15) is 0 Å². The highest BCUT2D eigenvalue weighted by Gasteiger charge is 2.11. The zero-order valence-electron chi connectivity index (χ0n) is 11.7. The average molecular weight is 282 g/mol. The number of benzene rings is 2. The summed E-state index contributed by atoms with van der Waals surface area (Å²) in [5.41, 5.74) is 6.38. The molecule has 1 amide bonds. The Morgan fingerprint density at radius 1 is 1.14 bits per heavy atom. The number of para-hydroxylation sites is 1. The largest absolute Gasteiger partial charge is 0.457 e. The van der Waals surface area contributed by atoms with Crippen molar-refractivity contribution in [2.45, 2.75) is 12.5 Å². The average Bonchev–Trinajstić information content (AvgIpc) is 2.50. The molecule has 2 rings (SSSR count). The number of carbonyl (C=O) groups excluding carboxylic acids is 1. The van der Waals surface area contributed by atoms with Crippen LogP contribution in [0, 0.1) is 0 Å². The molecule has 0 aromatic heterocycles. The maximum Gasteiger partial charge on any atom is 0.241 e. The molecule has 1 atom stereocenters. The standard InChI is InChI=1S/C17H18N2O2/c1-2-6-16(18)17(20)19-13-9-11-15(12-10-13)21-14-7-4-3-5-8-14/h2-5,7-12,16H,1,6,18H2,(H,19,20). The Hall–Kier alpha value is -2.59. The van der Waals surface area contributed by atoms with Crippen LogP contribution in [0.5, 0.6) is 11.5 Å². The van der Waals surface area contributed by atoms with Gasteiger partial charge in [0, 0.05) is 5.69 Å². The van der Waals surface area contributed by atoms with Gasteiger partial charge in [0.1, 0.15) is 11.5 Å². The van der Waals surface area contributed by atoms with Crippen molar-refractivity contribution in [2.24, 2.45) is 5.73 Å². The zero-order valence-corrected chi connectivity index (χ0v) is 11.7. The number of carbonyl (C=O) groups is 1. The van der Waals surface area contributed by atoms with Crippen molar-refractivity contribution in [1.82, 2.24) is 0 Å². The summed E-state index contributed by atoms with van der Waals surface area (Å²) >= 11 is 0. The molecule has 4 heteroatoms. The second-order valence-corrected chi connectivity index (χ2v) is 4.56. The Bertz CT molecular complexity index is 594. The molecule has 0 bridgehead atoms. The highest BCUT2D eigenvalue weighted by Crippen LogP contribution is 2.22. The molecule has 0 aliphatic rings. The molecule has 4 nitrogen and oxygen atoms in total. The monoisotopic (exact) mass is 282 g/mol. The van der Waals surface area contributed by atoms with Crippen molar-refractivity contribution in [3.63, 3.8) is 0 Å². The maximum atomic E-state index is 11.8. The van der Waals surface area contributed by atoms with E-state index in [4.69, 9.17) is 10.5 Å². The summed E-state index contributed by atoms with van der Waals surface area (Å²) in [4.78, 5) is 11.8. The molecular formula is C17H18N2O2. The smallest absolute Gasteiger partial charge is 0.241 e. The second kappa shape index (κ2) is 7.26. The number of amides is 1. The number of anilines is 1. The van der Waals surface area contributed by atoms with E-state index in [1.807, 2.05) is 30.3 Å². The third-order valence-electron chi connectivity index (χ3n) is 2.86. The lowest BCUT2D eigenvalue weighted by molar-refractivity contribution is -0.117. The van der Waals surface area contributed by atoms with E-state index in [0.29, 0.717) is 17.9 Å². The number of rotatable bonds is 6. The van der Waals surface area contributed by atoms with Crippen molar-refractivity contribution >= 4 is 11.6 Å². The highest BCUT2D eigenvalue weighted by atomic mass is 16.5. The summed E-state index contributed by atoms with van der Waals surface area (Å²) in [5, 5.41) is 2.75. The predicted molar refractivity (Wildman–Crippen MR) is 84.4 cm³/mol. The van der Waals surface area contributed by atoms with Gasteiger partial charge in [-0.15, -0.1) is 6.58 Å². The van der Waals surface area contributed by atoms with Crippen molar-refractivity contribution in [1.29, 1.82) is 0 Å². The van der Waals surface area contributed by atoms with E-state index in [2.05, 4.69) is 11.9 Å². The first kappa shape index (κ1) is 14.8. The third kappa shape index (κ3) is 4.47. The Kier molecular flexibility index (Phi) is 5.12. The molecule has 2 aromatic carbocycles. The van der Waals surface area contributed by atoms with E-state index in [9.17, 15) is 4.79 Å². The number of hydrogen-bond acceptors (Lipinski definition) is 3. The summed E-state index contributed by atoms with van der Waals surface area (Å²) in [6.07, 6.45) is 2.07. The molecule has 3 N–H and O–H groups in total. The molecular weight excluding hydrogens is 264 g/mol. The van der Waals surface area contributed by atoms with Gasteiger partial charge in [0.05, 0.1) is 6.04 Å². The zero-order chi connectivity index (χ0) is 15.1. The highest BCUT2D eigenvalue weighted by molar-refractivity contribution is 5.94. The molecule has 0 heterocycles. The van der Waals surface area contributed by atoms with Crippen molar-refractivity contribution < 1.29 is 9.53 Å². The fraction of sp³-hybridized carbons (Fsp3) is 0.118. The van der Waals surface area contributed by atoms with Crippen LogP contribution in [0.2, 0.25) is 0 Å². The van der Waals surface area contributed by atoms with Gasteiger partial charge in [-0.05, 0) is 42.8 Å². The van der Waals surface area contributed by atoms with Crippen molar-refractivity contribution in [2.75, 3.05) is 5.32 Å².